The van der Waals surface area contributed by atoms with E-state index in [4.69, 9.17) is 0 Å². The maximum atomic E-state index is 11.1. The zero-order valence-corrected chi connectivity index (χ0v) is 15.5. The van der Waals surface area contributed by atoms with Crippen molar-refractivity contribution in [3.8, 4) is 5.75 Å². The van der Waals surface area contributed by atoms with Gasteiger partial charge in [0.1, 0.15) is 11.4 Å². The molecule has 0 bridgehead atoms. The first kappa shape index (κ1) is 20.8. The Kier molecular flexibility index (Phi) is 6.99. The summed E-state index contributed by atoms with van der Waals surface area (Å²) in [5.74, 6) is 0.136. The molecule has 0 aliphatic carbocycles. The number of nitro groups is 2. The highest BCUT2D eigenvalue weighted by Gasteiger charge is 2.19. The Bertz CT molecular complexity index is 896. The molecule has 0 fully saturated rings. The van der Waals surface area contributed by atoms with E-state index in [2.05, 4.69) is 15.4 Å². The van der Waals surface area contributed by atoms with E-state index in [9.17, 15) is 25.3 Å². The normalized spacial score (nSPS) is 11.1. The van der Waals surface area contributed by atoms with Gasteiger partial charge in [-0.2, -0.15) is 5.10 Å². The molecule has 0 unspecified atom stereocenters. The van der Waals surface area contributed by atoms with Crippen LogP contribution in [0.1, 0.15) is 25.0 Å². The molecule has 0 radical (unpaired) electrons. The zero-order chi connectivity index (χ0) is 20.7. The van der Waals surface area contributed by atoms with Crippen molar-refractivity contribution in [2.45, 2.75) is 20.4 Å². The summed E-state index contributed by atoms with van der Waals surface area (Å²) in [6.45, 7) is 6.47. The highest BCUT2D eigenvalue weighted by atomic mass is 16.6. The maximum absolute atomic E-state index is 11.1. The summed E-state index contributed by atoms with van der Waals surface area (Å²) in [5.41, 5.74) is 3.08. The standard InChI is InChI=1S/C18H21N5O5/c1-3-21(4-2)12-14-6-5-13(9-18(14)24)11-19-20-16-8-7-15(22(25)26)10-17(16)23(27)28/h5-11,20,24H,3-4,12H2,1-2H3/b19-11+. The number of anilines is 1. The van der Waals surface area contributed by atoms with Crippen LogP contribution in [-0.4, -0.2) is 39.2 Å². The third-order valence-electron chi connectivity index (χ3n) is 4.19. The summed E-state index contributed by atoms with van der Waals surface area (Å²) < 4.78 is 0. The smallest absolute Gasteiger partial charge is 0.301 e. The number of non-ortho nitro benzene ring substituents is 1. The molecule has 0 saturated heterocycles. The molecule has 0 saturated carbocycles. The molecular weight excluding hydrogens is 366 g/mol. The van der Waals surface area contributed by atoms with Gasteiger partial charge in [-0.3, -0.25) is 30.6 Å². The molecule has 2 N–H and O–H groups in total. The highest BCUT2D eigenvalue weighted by Crippen LogP contribution is 2.29. The van der Waals surface area contributed by atoms with E-state index in [-0.39, 0.29) is 17.1 Å². The van der Waals surface area contributed by atoms with E-state index < -0.39 is 15.5 Å². The van der Waals surface area contributed by atoms with Crippen molar-refractivity contribution in [1.29, 1.82) is 0 Å². The van der Waals surface area contributed by atoms with E-state index in [1.807, 2.05) is 13.8 Å². The topological polar surface area (TPSA) is 134 Å². The summed E-state index contributed by atoms with van der Waals surface area (Å²) >= 11 is 0. The van der Waals surface area contributed by atoms with Crippen molar-refractivity contribution in [2.75, 3.05) is 18.5 Å². The van der Waals surface area contributed by atoms with Crippen molar-refractivity contribution in [2.24, 2.45) is 5.10 Å². The molecule has 10 heteroatoms. The fourth-order valence-electron chi connectivity index (χ4n) is 2.54. The fraction of sp³-hybridized carbons (Fsp3) is 0.278. The first-order chi connectivity index (χ1) is 13.3. The van der Waals surface area contributed by atoms with Gasteiger partial charge in [-0.1, -0.05) is 26.0 Å². The Morgan fingerprint density at radius 2 is 1.82 bits per heavy atom. The average molecular weight is 387 g/mol. The van der Waals surface area contributed by atoms with Gasteiger partial charge < -0.3 is 5.11 Å². The maximum Gasteiger partial charge on any atom is 0.301 e. The lowest BCUT2D eigenvalue weighted by Gasteiger charge is -2.18. The van der Waals surface area contributed by atoms with E-state index in [0.717, 1.165) is 30.8 Å². The molecule has 2 aromatic carbocycles. The van der Waals surface area contributed by atoms with E-state index in [0.29, 0.717) is 12.1 Å². The molecule has 2 aromatic rings. The Balaban J connectivity index is 2.13. The van der Waals surface area contributed by atoms with Crippen molar-refractivity contribution < 1.29 is 15.0 Å². The van der Waals surface area contributed by atoms with Crippen molar-refractivity contribution >= 4 is 23.3 Å². The van der Waals surface area contributed by atoms with Crippen molar-refractivity contribution in [3.63, 3.8) is 0 Å². The van der Waals surface area contributed by atoms with Gasteiger partial charge in [-0.25, -0.2) is 0 Å². The largest absolute Gasteiger partial charge is 0.508 e. The molecule has 2 rings (SSSR count). The van der Waals surface area contributed by atoms with Gasteiger partial charge in [-0.05, 0) is 30.8 Å². The lowest BCUT2D eigenvalue weighted by atomic mass is 10.1. The number of aromatic hydroxyl groups is 1. The highest BCUT2D eigenvalue weighted by molar-refractivity contribution is 5.81. The van der Waals surface area contributed by atoms with Crippen LogP contribution in [0.2, 0.25) is 0 Å². The molecule has 0 heterocycles. The zero-order valence-electron chi connectivity index (χ0n) is 15.5. The Morgan fingerprint density at radius 3 is 2.39 bits per heavy atom. The van der Waals surface area contributed by atoms with Crippen LogP contribution in [0.25, 0.3) is 0 Å². The summed E-state index contributed by atoms with van der Waals surface area (Å²) in [6.07, 6.45) is 1.39. The lowest BCUT2D eigenvalue weighted by molar-refractivity contribution is -0.393. The number of nitrogens with one attached hydrogen (secondary N) is 1. The number of hydrogen-bond donors (Lipinski definition) is 2. The van der Waals surface area contributed by atoms with Crippen LogP contribution in [0.3, 0.4) is 0 Å². The number of rotatable bonds is 9. The van der Waals surface area contributed by atoms with Crippen LogP contribution in [0, 0.1) is 20.2 Å². The van der Waals surface area contributed by atoms with Crippen molar-refractivity contribution in [1.82, 2.24) is 4.90 Å². The van der Waals surface area contributed by atoms with Gasteiger partial charge in [-0.15, -0.1) is 0 Å². The molecule has 28 heavy (non-hydrogen) atoms. The van der Waals surface area contributed by atoms with Gasteiger partial charge in [0.15, 0.2) is 0 Å². The minimum Gasteiger partial charge on any atom is -0.508 e. The molecule has 0 aromatic heterocycles. The number of nitrogens with zero attached hydrogens (tertiary/aromatic N) is 4. The Hall–Kier alpha value is -3.53. The molecule has 0 atom stereocenters. The average Bonchev–Trinajstić information content (AvgIpc) is 2.67. The lowest BCUT2D eigenvalue weighted by Crippen LogP contribution is -2.22. The molecule has 10 nitrogen and oxygen atoms in total. The second-order valence-electron chi connectivity index (χ2n) is 5.94. The minimum atomic E-state index is -0.724. The van der Waals surface area contributed by atoms with Gasteiger partial charge in [0.2, 0.25) is 0 Å². The van der Waals surface area contributed by atoms with Crippen LogP contribution in [0.15, 0.2) is 41.5 Å². The van der Waals surface area contributed by atoms with Crippen molar-refractivity contribution in [3.05, 3.63) is 67.8 Å². The van der Waals surface area contributed by atoms with Crippen LogP contribution in [0.5, 0.6) is 5.75 Å². The number of phenolic OH excluding ortho intramolecular Hbond substituents is 1. The number of phenols is 1. The van der Waals surface area contributed by atoms with E-state index >= 15 is 0 Å². The number of hydrogen-bond acceptors (Lipinski definition) is 8. The molecule has 0 amide bonds. The Labute approximate surface area is 161 Å². The van der Waals surface area contributed by atoms with E-state index in [1.54, 1.807) is 18.2 Å². The van der Waals surface area contributed by atoms with Crippen LogP contribution in [0.4, 0.5) is 17.1 Å². The summed E-state index contributed by atoms with van der Waals surface area (Å²) in [6, 6.07) is 8.36. The van der Waals surface area contributed by atoms with Crippen LogP contribution >= 0.6 is 0 Å². The first-order valence-electron chi connectivity index (χ1n) is 8.61. The second-order valence-corrected chi connectivity index (χ2v) is 5.94. The van der Waals surface area contributed by atoms with Gasteiger partial charge in [0.25, 0.3) is 5.69 Å². The third-order valence-corrected chi connectivity index (χ3v) is 4.19. The third kappa shape index (κ3) is 5.24. The predicted molar refractivity (Wildman–Crippen MR) is 106 cm³/mol. The fourth-order valence-corrected chi connectivity index (χ4v) is 2.54. The number of hydrazone groups is 1. The summed E-state index contributed by atoms with van der Waals surface area (Å²) in [5, 5.41) is 36.0. The number of nitro benzene ring substituents is 2. The monoisotopic (exact) mass is 387 g/mol. The summed E-state index contributed by atoms with van der Waals surface area (Å²) in [4.78, 5) is 22.6. The quantitative estimate of drug-likeness (QED) is 0.382. The minimum absolute atomic E-state index is 0.0224. The van der Waals surface area contributed by atoms with Gasteiger partial charge in [0, 0.05) is 18.2 Å². The molecule has 0 spiro atoms. The Morgan fingerprint density at radius 1 is 1.11 bits per heavy atom. The molecular formula is C18H21N5O5. The number of benzene rings is 2. The second kappa shape index (κ2) is 9.42. The van der Waals surface area contributed by atoms with E-state index in [1.165, 1.54) is 12.3 Å². The van der Waals surface area contributed by atoms with Crippen LogP contribution in [-0.2, 0) is 6.54 Å². The molecule has 0 aliphatic rings. The van der Waals surface area contributed by atoms with Gasteiger partial charge in [0.05, 0.1) is 22.1 Å². The molecule has 148 valence electrons. The predicted octanol–water partition coefficient (Wildman–Crippen LogP) is 3.50. The first-order valence-corrected chi connectivity index (χ1v) is 8.61. The molecule has 0 aliphatic heterocycles. The SMILES string of the molecule is CCN(CC)Cc1ccc(/C=N/Nc2ccc([N+](=O)[O-])cc2[N+](=O)[O-])cc1O. The van der Waals surface area contributed by atoms with Gasteiger partial charge >= 0.3 is 5.69 Å². The van der Waals surface area contributed by atoms with Crippen LogP contribution < -0.4 is 5.43 Å². The summed E-state index contributed by atoms with van der Waals surface area (Å²) in [7, 11) is 0.